The van der Waals surface area contributed by atoms with Crippen molar-refractivity contribution in [1.82, 2.24) is 9.73 Å². The van der Waals surface area contributed by atoms with Crippen LogP contribution in [0.4, 0.5) is 5.69 Å². The summed E-state index contributed by atoms with van der Waals surface area (Å²) in [6.07, 6.45) is 1.15. The van der Waals surface area contributed by atoms with Crippen molar-refractivity contribution in [1.29, 1.82) is 0 Å². The zero-order chi connectivity index (χ0) is 25.6. The van der Waals surface area contributed by atoms with E-state index < -0.39 is 27.4 Å². The van der Waals surface area contributed by atoms with Crippen molar-refractivity contribution in [3.63, 3.8) is 0 Å². The summed E-state index contributed by atoms with van der Waals surface area (Å²) < 4.78 is 28.4. The standard InChI is InChI=1S/C25H26N4O5S/c1-18-13-19(2)25(20(3)14-18)35(33,34)28(16-21-9-5-4-6-10-21)17-24(30)27-26-15-22-11-7-8-12-23(22)29(31)32/h4-15H,16-17H2,1-3H3,(H,27,30)/b26-15-. The van der Waals surface area contributed by atoms with Crippen LogP contribution in [0.1, 0.15) is 27.8 Å². The summed E-state index contributed by atoms with van der Waals surface area (Å²) in [6, 6.07) is 18.5. The Labute approximate surface area is 204 Å². The highest BCUT2D eigenvalue weighted by molar-refractivity contribution is 7.89. The second-order valence-corrected chi connectivity index (χ2v) is 9.97. The molecule has 9 nitrogen and oxygen atoms in total. The number of hydrogen-bond acceptors (Lipinski definition) is 6. The summed E-state index contributed by atoms with van der Waals surface area (Å²) in [6.45, 7) is 4.84. The van der Waals surface area contributed by atoms with Gasteiger partial charge in [-0.15, -0.1) is 0 Å². The van der Waals surface area contributed by atoms with Gasteiger partial charge in [0.05, 0.1) is 28.1 Å². The number of carbonyl (C=O) groups excluding carboxylic acids is 1. The lowest BCUT2D eigenvalue weighted by Crippen LogP contribution is -2.39. The van der Waals surface area contributed by atoms with Crippen LogP contribution in [0.2, 0.25) is 0 Å². The number of nitro groups is 1. The SMILES string of the molecule is Cc1cc(C)c(S(=O)(=O)N(CC(=O)N/N=C\c2ccccc2[N+](=O)[O-])Cc2ccccc2)c(C)c1. The molecule has 0 atom stereocenters. The Balaban J connectivity index is 1.87. The van der Waals surface area contributed by atoms with Crippen LogP contribution in [-0.4, -0.2) is 36.3 Å². The Bertz CT molecular complexity index is 1350. The molecule has 3 aromatic carbocycles. The van der Waals surface area contributed by atoms with Gasteiger partial charge in [-0.3, -0.25) is 14.9 Å². The van der Waals surface area contributed by atoms with Gasteiger partial charge in [-0.2, -0.15) is 9.41 Å². The summed E-state index contributed by atoms with van der Waals surface area (Å²) >= 11 is 0. The molecule has 0 saturated heterocycles. The maximum Gasteiger partial charge on any atom is 0.278 e. The molecule has 3 rings (SSSR count). The number of nitrogens with one attached hydrogen (secondary N) is 1. The van der Waals surface area contributed by atoms with Gasteiger partial charge in [0.2, 0.25) is 10.0 Å². The van der Waals surface area contributed by atoms with E-state index in [1.54, 1.807) is 56.3 Å². The molecule has 0 aromatic heterocycles. The first kappa shape index (κ1) is 25.7. The van der Waals surface area contributed by atoms with Crippen molar-refractivity contribution in [2.75, 3.05) is 6.54 Å². The largest absolute Gasteiger partial charge is 0.278 e. The molecule has 1 amide bonds. The van der Waals surface area contributed by atoms with Gasteiger partial charge < -0.3 is 0 Å². The Hall–Kier alpha value is -3.89. The van der Waals surface area contributed by atoms with Crippen LogP contribution in [0, 0.1) is 30.9 Å². The third-order valence-electron chi connectivity index (χ3n) is 5.25. The highest BCUT2D eigenvalue weighted by Crippen LogP contribution is 2.26. The first-order valence-corrected chi connectivity index (χ1v) is 12.2. The second kappa shape index (κ2) is 11.0. The van der Waals surface area contributed by atoms with Gasteiger partial charge >= 0.3 is 0 Å². The minimum atomic E-state index is -4.04. The number of nitrogens with zero attached hydrogens (tertiary/aromatic N) is 3. The number of amides is 1. The van der Waals surface area contributed by atoms with E-state index in [9.17, 15) is 23.3 Å². The number of benzene rings is 3. The predicted octanol–water partition coefficient (Wildman–Crippen LogP) is 3.86. The van der Waals surface area contributed by atoms with E-state index in [1.807, 2.05) is 13.0 Å². The lowest BCUT2D eigenvalue weighted by Gasteiger charge is -2.24. The van der Waals surface area contributed by atoms with Crippen molar-refractivity contribution >= 4 is 27.8 Å². The molecule has 0 aliphatic heterocycles. The van der Waals surface area contributed by atoms with Crippen LogP contribution < -0.4 is 5.43 Å². The highest BCUT2D eigenvalue weighted by atomic mass is 32.2. The first-order chi connectivity index (χ1) is 16.6. The maximum atomic E-state index is 13.7. The highest BCUT2D eigenvalue weighted by Gasteiger charge is 2.30. The second-order valence-electron chi connectivity index (χ2n) is 8.10. The number of sulfonamides is 1. The third-order valence-corrected chi connectivity index (χ3v) is 7.35. The summed E-state index contributed by atoms with van der Waals surface area (Å²) in [5.41, 5.74) is 5.16. The van der Waals surface area contributed by atoms with E-state index in [2.05, 4.69) is 10.5 Å². The fraction of sp³-hybridized carbons (Fsp3) is 0.200. The molecule has 35 heavy (non-hydrogen) atoms. The van der Waals surface area contributed by atoms with Gasteiger partial charge in [-0.25, -0.2) is 13.8 Å². The monoisotopic (exact) mass is 494 g/mol. The summed E-state index contributed by atoms with van der Waals surface area (Å²) in [5.74, 6) is -0.679. The number of aryl methyl sites for hydroxylation is 3. The van der Waals surface area contributed by atoms with Crippen molar-refractivity contribution < 1.29 is 18.1 Å². The number of para-hydroxylation sites is 1. The number of hydrazone groups is 1. The van der Waals surface area contributed by atoms with Gasteiger partial charge in [0.25, 0.3) is 11.6 Å². The van der Waals surface area contributed by atoms with E-state index in [-0.39, 0.29) is 22.7 Å². The van der Waals surface area contributed by atoms with Crippen molar-refractivity contribution in [2.45, 2.75) is 32.2 Å². The Morgan fingerprint density at radius 3 is 2.26 bits per heavy atom. The smallest absolute Gasteiger partial charge is 0.272 e. The van der Waals surface area contributed by atoms with Gasteiger partial charge in [0.15, 0.2) is 0 Å². The molecular formula is C25H26N4O5S. The number of carbonyl (C=O) groups is 1. The quantitative estimate of drug-likeness (QED) is 0.275. The fourth-order valence-corrected chi connectivity index (χ4v) is 5.64. The zero-order valence-corrected chi connectivity index (χ0v) is 20.5. The van der Waals surface area contributed by atoms with E-state index in [0.29, 0.717) is 11.1 Å². The molecule has 1 N–H and O–H groups in total. The third kappa shape index (κ3) is 6.37. The molecule has 3 aromatic rings. The molecule has 0 unspecified atom stereocenters. The summed E-state index contributed by atoms with van der Waals surface area (Å²) in [5, 5.41) is 14.9. The molecule has 0 radical (unpaired) electrons. The molecule has 10 heteroatoms. The molecule has 0 fully saturated rings. The lowest BCUT2D eigenvalue weighted by molar-refractivity contribution is -0.385. The predicted molar refractivity (Wildman–Crippen MR) is 134 cm³/mol. The average molecular weight is 495 g/mol. The minimum absolute atomic E-state index is 0.0166. The summed E-state index contributed by atoms with van der Waals surface area (Å²) in [4.78, 5) is 23.4. The van der Waals surface area contributed by atoms with Crippen LogP contribution in [0.3, 0.4) is 0 Å². The Kier molecular flexibility index (Phi) is 8.10. The number of hydrogen-bond donors (Lipinski definition) is 1. The first-order valence-electron chi connectivity index (χ1n) is 10.8. The maximum absolute atomic E-state index is 13.7. The van der Waals surface area contributed by atoms with E-state index in [1.165, 1.54) is 18.2 Å². The van der Waals surface area contributed by atoms with Gasteiger partial charge in [-0.05, 0) is 43.5 Å². The normalized spacial score (nSPS) is 11.7. The van der Waals surface area contributed by atoms with Crippen molar-refractivity contribution in [3.05, 3.63) is 105 Å². The average Bonchev–Trinajstić information content (AvgIpc) is 2.78. The molecule has 182 valence electrons. The molecule has 0 spiro atoms. The van der Waals surface area contributed by atoms with Crippen molar-refractivity contribution in [2.24, 2.45) is 5.10 Å². The van der Waals surface area contributed by atoms with Gasteiger partial charge in [0, 0.05) is 12.6 Å². The van der Waals surface area contributed by atoms with Crippen LogP contribution in [0.15, 0.2) is 76.7 Å². The Morgan fingerprint density at radius 1 is 1.03 bits per heavy atom. The zero-order valence-electron chi connectivity index (χ0n) is 19.6. The van der Waals surface area contributed by atoms with Gasteiger partial charge in [-0.1, -0.05) is 60.2 Å². The lowest BCUT2D eigenvalue weighted by atomic mass is 10.1. The topological polar surface area (TPSA) is 122 Å². The fourth-order valence-electron chi connectivity index (χ4n) is 3.85. The molecule has 0 bridgehead atoms. The van der Waals surface area contributed by atoms with E-state index in [4.69, 9.17) is 0 Å². The molecule has 0 heterocycles. The number of nitro benzene ring substituents is 1. The van der Waals surface area contributed by atoms with Crippen LogP contribution in [0.5, 0.6) is 0 Å². The van der Waals surface area contributed by atoms with E-state index >= 15 is 0 Å². The summed E-state index contributed by atoms with van der Waals surface area (Å²) in [7, 11) is -4.04. The molecule has 0 saturated carbocycles. The minimum Gasteiger partial charge on any atom is -0.272 e. The van der Waals surface area contributed by atoms with Crippen LogP contribution in [0.25, 0.3) is 0 Å². The molecule has 0 aliphatic carbocycles. The number of rotatable bonds is 9. The Morgan fingerprint density at radius 2 is 1.63 bits per heavy atom. The van der Waals surface area contributed by atoms with Gasteiger partial charge in [0.1, 0.15) is 0 Å². The molecule has 0 aliphatic rings. The van der Waals surface area contributed by atoms with E-state index in [0.717, 1.165) is 21.6 Å². The van der Waals surface area contributed by atoms with Crippen LogP contribution >= 0.6 is 0 Å². The van der Waals surface area contributed by atoms with Crippen LogP contribution in [-0.2, 0) is 21.4 Å². The molecular weight excluding hydrogens is 468 g/mol. The van der Waals surface area contributed by atoms with Crippen molar-refractivity contribution in [3.8, 4) is 0 Å².